The molecule has 0 aliphatic rings. The summed E-state index contributed by atoms with van der Waals surface area (Å²) in [4.78, 5) is 14.6. The molecular formula is C13H22N4O3. The average molecular weight is 282 g/mol. The quantitative estimate of drug-likeness (QED) is 0.499. The first-order valence-electron chi connectivity index (χ1n) is 6.78. The maximum atomic E-state index is 11.0. The summed E-state index contributed by atoms with van der Waals surface area (Å²) in [6.45, 7) is 4.27. The van der Waals surface area contributed by atoms with Gasteiger partial charge in [0.25, 0.3) is 0 Å². The number of nitro groups is 1. The summed E-state index contributed by atoms with van der Waals surface area (Å²) in [7, 11) is 1.69. The van der Waals surface area contributed by atoms with E-state index in [9.17, 15) is 15.2 Å². The van der Waals surface area contributed by atoms with Crippen LogP contribution in [-0.2, 0) is 0 Å². The Kier molecular flexibility index (Phi) is 6.17. The summed E-state index contributed by atoms with van der Waals surface area (Å²) in [6.07, 6.45) is 1.18. The highest BCUT2D eigenvalue weighted by molar-refractivity contribution is 5.60. The highest BCUT2D eigenvalue weighted by Gasteiger charge is 2.19. The second-order valence-corrected chi connectivity index (χ2v) is 4.60. The van der Waals surface area contributed by atoms with Crippen molar-refractivity contribution in [2.24, 2.45) is 5.92 Å². The lowest BCUT2D eigenvalue weighted by Gasteiger charge is -2.20. The minimum absolute atomic E-state index is 0.0965. The first-order chi connectivity index (χ1) is 9.53. The van der Waals surface area contributed by atoms with Gasteiger partial charge >= 0.3 is 5.69 Å². The summed E-state index contributed by atoms with van der Waals surface area (Å²) in [6, 6.07) is 2.94. The highest BCUT2D eigenvalue weighted by atomic mass is 16.6. The van der Waals surface area contributed by atoms with Crippen molar-refractivity contribution in [2.75, 3.05) is 24.2 Å². The van der Waals surface area contributed by atoms with Gasteiger partial charge in [0.1, 0.15) is 5.82 Å². The second kappa shape index (κ2) is 7.64. The van der Waals surface area contributed by atoms with Crippen LogP contribution in [0.15, 0.2) is 12.1 Å². The topological polar surface area (TPSA) is 100 Å². The van der Waals surface area contributed by atoms with Crippen LogP contribution in [0.5, 0.6) is 0 Å². The van der Waals surface area contributed by atoms with E-state index in [-0.39, 0.29) is 24.0 Å². The zero-order chi connectivity index (χ0) is 15.1. The van der Waals surface area contributed by atoms with Gasteiger partial charge in [0, 0.05) is 19.7 Å². The fourth-order valence-electron chi connectivity index (χ4n) is 2.07. The molecule has 7 nitrogen and oxygen atoms in total. The number of pyridine rings is 1. The van der Waals surface area contributed by atoms with E-state index < -0.39 is 11.0 Å². The first-order valence-corrected chi connectivity index (χ1v) is 6.78. The number of nitrogens with one attached hydrogen (secondary N) is 2. The van der Waals surface area contributed by atoms with Gasteiger partial charge < -0.3 is 15.7 Å². The van der Waals surface area contributed by atoms with Gasteiger partial charge in [-0.2, -0.15) is 0 Å². The van der Waals surface area contributed by atoms with Gasteiger partial charge in [0.15, 0.2) is 0 Å². The molecule has 0 aliphatic carbocycles. The molecule has 1 atom stereocenters. The molecular weight excluding hydrogens is 260 g/mol. The largest absolute Gasteiger partial charge is 0.391 e. The molecule has 112 valence electrons. The summed E-state index contributed by atoms with van der Waals surface area (Å²) in [5, 5.41) is 26.7. The van der Waals surface area contributed by atoms with Gasteiger partial charge in [-0.05, 0) is 12.0 Å². The van der Waals surface area contributed by atoms with Crippen molar-refractivity contribution in [2.45, 2.75) is 32.8 Å². The Morgan fingerprint density at radius 2 is 2.05 bits per heavy atom. The third-order valence-electron chi connectivity index (χ3n) is 3.40. The Hall–Kier alpha value is -1.89. The Balaban J connectivity index is 2.82. The van der Waals surface area contributed by atoms with E-state index >= 15 is 0 Å². The van der Waals surface area contributed by atoms with Crippen LogP contribution >= 0.6 is 0 Å². The number of hydrogen-bond acceptors (Lipinski definition) is 6. The lowest BCUT2D eigenvalue weighted by Crippen LogP contribution is -2.28. The SMILES string of the molecule is CCC(CC)C(O)CNc1nc(NC)ccc1[N+](=O)[O-]. The molecule has 0 radical (unpaired) electrons. The van der Waals surface area contributed by atoms with Crippen molar-refractivity contribution in [1.82, 2.24) is 4.98 Å². The van der Waals surface area contributed by atoms with Crippen LogP contribution in [0, 0.1) is 16.0 Å². The number of anilines is 2. The smallest absolute Gasteiger partial charge is 0.311 e. The minimum Gasteiger partial charge on any atom is -0.391 e. The van der Waals surface area contributed by atoms with Crippen LogP contribution in [0.25, 0.3) is 0 Å². The number of aliphatic hydroxyl groups excluding tert-OH is 1. The monoisotopic (exact) mass is 282 g/mol. The summed E-state index contributed by atoms with van der Waals surface area (Å²) >= 11 is 0. The minimum atomic E-state index is -0.551. The molecule has 0 aromatic carbocycles. The number of nitrogens with zero attached hydrogens (tertiary/aromatic N) is 2. The molecule has 1 rings (SSSR count). The number of aliphatic hydroxyl groups is 1. The van der Waals surface area contributed by atoms with Gasteiger partial charge in [-0.15, -0.1) is 0 Å². The van der Waals surface area contributed by atoms with E-state index in [0.717, 1.165) is 12.8 Å². The Morgan fingerprint density at radius 1 is 1.40 bits per heavy atom. The first kappa shape index (κ1) is 16.2. The summed E-state index contributed by atoms with van der Waals surface area (Å²) in [5.41, 5.74) is -0.0965. The molecule has 0 saturated carbocycles. The normalized spacial score (nSPS) is 12.2. The van der Waals surface area contributed by atoms with E-state index in [1.54, 1.807) is 13.1 Å². The van der Waals surface area contributed by atoms with Gasteiger partial charge in [-0.25, -0.2) is 4.98 Å². The van der Waals surface area contributed by atoms with Crippen LogP contribution < -0.4 is 10.6 Å². The molecule has 7 heteroatoms. The van der Waals surface area contributed by atoms with E-state index in [4.69, 9.17) is 0 Å². The molecule has 20 heavy (non-hydrogen) atoms. The molecule has 1 aromatic rings. The van der Waals surface area contributed by atoms with Crippen LogP contribution in [0.3, 0.4) is 0 Å². The van der Waals surface area contributed by atoms with Crippen LogP contribution in [0.1, 0.15) is 26.7 Å². The maximum absolute atomic E-state index is 11.0. The van der Waals surface area contributed by atoms with Crippen molar-refractivity contribution < 1.29 is 10.0 Å². The molecule has 3 N–H and O–H groups in total. The molecule has 0 amide bonds. The lowest BCUT2D eigenvalue weighted by atomic mass is 9.96. The summed E-state index contributed by atoms with van der Waals surface area (Å²) in [5.74, 6) is 0.885. The number of hydrogen-bond donors (Lipinski definition) is 3. The van der Waals surface area contributed by atoms with Gasteiger partial charge in [-0.1, -0.05) is 26.7 Å². The van der Waals surface area contributed by atoms with Crippen LogP contribution in [0.4, 0.5) is 17.3 Å². The molecule has 1 aromatic heterocycles. The standard InChI is InChI=1S/C13H22N4O3/c1-4-9(5-2)11(18)8-15-13-10(17(19)20)6-7-12(14-3)16-13/h6-7,9,11,18H,4-5,8H2,1-3H3,(H2,14,15,16). The predicted molar refractivity (Wildman–Crippen MR) is 79.0 cm³/mol. The van der Waals surface area contributed by atoms with Crippen molar-refractivity contribution in [3.63, 3.8) is 0 Å². The highest BCUT2D eigenvalue weighted by Crippen LogP contribution is 2.24. The Labute approximate surface area is 118 Å². The number of rotatable bonds is 8. The van der Waals surface area contributed by atoms with E-state index in [0.29, 0.717) is 5.82 Å². The van der Waals surface area contributed by atoms with E-state index in [1.807, 2.05) is 13.8 Å². The fraction of sp³-hybridized carbons (Fsp3) is 0.615. The molecule has 0 fully saturated rings. The molecule has 0 spiro atoms. The zero-order valence-electron chi connectivity index (χ0n) is 12.1. The van der Waals surface area contributed by atoms with Crippen molar-refractivity contribution in [1.29, 1.82) is 0 Å². The second-order valence-electron chi connectivity index (χ2n) is 4.60. The van der Waals surface area contributed by atoms with Gasteiger partial charge in [0.05, 0.1) is 11.0 Å². The van der Waals surface area contributed by atoms with Crippen molar-refractivity contribution in [3.05, 3.63) is 22.2 Å². The maximum Gasteiger partial charge on any atom is 0.311 e. The third-order valence-corrected chi connectivity index (χ3v) is 3.40. The van der Waals surface area contributed by atoms with Crippen molar-refractivity contribution in [3.8, 4) is 0 Å². The van der Waals surface area contributed by atoms with E-state index in [2.05, 4.69) is 15.6 Å². The predicted octanol–water partition coefficient (Wildman–Crippen LogP) is 2.24. The van der Waals surface area contributed by atoms with Gasteiger partial charge in [0.2, 0.25) is 5.82 Å². The zero-order valence-corrected chi connectivity index (χ0v) is 12.1. The molecule has 0 bridgehead atoms. The Bertz CT molecular complexity index is 449. The molecule has 0 saturated heterocycles. The third kappa shape index (κ3) is 4.06. The van der Waals surface area contributed by atoms with Crippen LogP contribution in [0.2, 0.25) is 0 Å². The fourth-order valence-corrected chi connectivity index (χ4v) is 2.07. The summed E-state index contributed by atoms with van der Waals surface area (Å²) < 4.78 is 0. The van der Waals surface area contributed by atoms with Crippen molar-refractivity contribution >= 4 is 17.3 Å². The van der Waals surface area contributed by atoms with Gasteiger partial charge in [-0.3, -0.25) is 10.1 Å². The van der Waals surface area contributed by atoms with Crippen LogP contribution in [-0.4, -0.2) is 34.7 Å². The lowest BCUT2D eigenvalue weighted by molar-refractivity contribution is -0.384. The number of aromatic nitrogens is 1. The molecule has 1 unspecified atom stereocenters. The average Bonchev–Trinajstić information content (AvgIpc) is 2.45. The molecule has 1 heterocycles. The molecule has 0 aliphatic heterocycles. The Morgan fingerprint density at radius 3 is 2.55 bits per heavy atom. The van der Waals surface area contributed by atoms with E-state index in [1.165, 1.54) is 6.07 Å².